The highest BCUT2D eigenvalue weighted by atomic mass is 16.5. The number of para-hydroxylation sites is 1. The van der Waals surface area contributed by atoms with Gasteiger partial charge in [-0.2, -0.15) is 0 Å². The van der Waals surface area contributed by atoms with Gasteiger partial charge in [0.05, 0.1) is 32.4 Å². The van der Waals surface area contributed by atoms with E-state index in [0.717, 1.165) is 5.56 Å². The van der Waals surface area contributed by atoms with Gasteiger partial charge < -0.3 is 29.4 Å². The van der Waals surface area contributed by atoms with E-state index in [9.17, 15) is 19.5 Å². The first kappa shape index (κ1) is 28.2. The highest BCUT2D eigenvalue weighted by Crippen LogP contribution is 2.51. The van der Waals surface area contributed by atoms with Crippen LogP contribution in [0.1, 0.15) is 56.9 Å². The summed E-state index contributed by atoms with van der Waals surface area (Å²) in [5.41, 5.74) is 2.44. The lowest BCUT2D eigenvalue weighted by atomic mass is 9.84. The van der Waals surface area contributed by atoms with Crippen LogP contribution in [0.15, 0.2) is 30.3 Å². The molecule has 4 rings (SSSR count). The number of amides is 2. The molecule has 2 amide bonds. The fourth-order valence-electron chi connectivity index (χ4n) is 5.12. The van der Waals surface area contributed by atoms with Crippen LogP contribution >= 0.6 is 0 Å². The molecule has 0 saturated heterocycles. The van der Waals surface area contributed by atoms with E-state index in [1.165, 1.54) is 21.1 Å². The molecule has 0 bridgehead atoms. The van der Waals surface area contributed by atoms with Crippen LogP contribution in [-0.4, -0.2) is 61.9 Å². The smallest absolute Gasteiger partial charge is 0.325 e. The number of ether oxygens (including phenoxy) is 4. The number of hydrogen-bond donors (Lipinski definition) is 2. The number of nitrogens with one attached hydrogen (secondary N) is 1. The van der Waals surface area contributed by atoms with Crippen molar-refractivity contribution in [3.05, 3.63) is 47.0 Å². The zero-order valence-corrected chi connectivity index (χ0v) is 23.4. The fraction of sp³-hybridized carbons (Fsp3) is 0.483. The zero-order chi connectivity index (χ0) is 28.6. The van der Waals surface area contributed by atoms with E-state index in [1.807, 2.05) is 45.9 Å². The maximum absolute atomic E-state index is 14.3. The molecule has 0 spiro atoms. The average Bonchev–Trinajstić information content (AvgIpc) is 2.98. The van der Waals surface area contributed by atoms with E-state index in [4.69, 9.17) is 18.9 Å². The van der Waals surface area contributed by atoms with Crippen molar-refractivity contribution in [2.24, 2.45) is 5.41 Å². The predicted molar refractivity (Wildman–Crippen MR) is 144 cm³/mol. The van der Waals surface area contributed by atoms with Gasteiger partial charge in [0.15, 0.2) is 11.5 Å². The third kappa shape index (κ3) is 5.38. The second kappa shape index (κ2) is 10.8. The molecule has 2 N–H and O–H groups in total. The molecule has 2 aromatic carbocycles. The molecule has 0 aliphatic carbocycles. The minimum absolute atomic E-state index is 0.271. The summed E-state index contributed by atoms with van der Waals surface area (Å²) in [7, 11) is 3.06. The lowest BCUT2D eigenvalue weighted by Crippen LogP contribution is -2.56. The van der Waals surface area contributed by atoms with Crippen molar-refractivity contribution >= 4 is 23.5 Å². The number of methoxy groups -OCH3 is 2. The lowest BCUT2D eigenvalue weighted by Gasteiger charge is -2.44. The van der Waals surface area contributed by atoms with Gasteiger partial charge in [-0.3, -0.25) is 19.3 Å². The number of carboxylic acid groups (broad SMARTS) is 1. The molecule has 2 aliphatic rings. The van der Waals surface area contributed by atoms with Crippen molar-refractivity contribution in [3.63, 3.8) is 0 Å². The molecule has 10 nitrogen and oxygen atoms in total. The normalized spacial score (nSPS) is 21.3. The maximum atomic E-state index is 14.3. The second-order valence-corrected chi connectivity index (χ2v) is 11.0. The van der Waals surface area contributed by atoms with E-state index >= 15 is 0 Å². The largest absolute Gasteiger partial charge is 0.493 e. The molecule has 0 unspecified atom stereocenters. The van der Waals surface area contributed by atoms with Crippen molar-refractivity contribution in [1.29, 1.82) is 0 Å². The van der Waals surface area contributed by atoms with Crippen molar-refractivity contribution in [2.75, 3.05) is 25.7 Å². The van der Waals surface area contributed by atoms with Gasteiger partial charge in [0.25, 0.3) is 5.91 Å². The Morgan fingerprint density at radius 2 is 1.90 bits per heavy atom. The van der Waals surface area contributed by atoms with E-state index in [0.29, 0.717) is 34.1 Å². The Morgan fingerprint density at radius 1 is 1.18 bits per heavy atom. The Bertz CT molecular complexity index is 1280. The van der Waals surface area contributed by atoms with Gasteiger partial charge in [-0.25, -0.2) is 0 Å². The quantitative estimate of drug-likeness (QED) is 0.546. The van der Waals surface area contributed by atoms with E-state index in [-0.39, 0.29) is 24.5 Å². The lowest BCUT2D eigenvalue weighted by molar-refractivity contribution is -0.143. The van der Waals surface area contributed by atoms with Crippen LogP contribution in [0.3, 0.4) is 0 Å². The van der Waals surface area contributed by atoms with Gasteiger partial charge in [-0.15, -0.1) is 0 Å². The second-order valence-electron chi connectivity index (χ2n) is 11.0. The van der Waals surface area contributed by atoms with E-state index < -0.39 is 36.0 Å². The van der Waals surface area contributed by atoms with Gasteiger partial charge in [-0.05, 0) is 37.0 Å². The summed E-state index contributed by atoms with van der Waals surface area (Å²) >= 11 is 0. The monoisotopic (exact) mass is 540 g/mol. The molecule has 10 heteroatoms. The number of benzene rings is 2. The van der Waals surface area contributed by atoms with Crippen molar-refractivity contribution in [2.45, 2.75) is 65.3 Å². The van der Waals surface area contributed by atoms with Gasteiger partial charge in [0.1, 0.15) is 30.6 Å². The van der Waals surface area contributed by atoms with Crippen molar-refractivity contribution < 1.29 is 38.4 Å². The summed E-state index contributed by atoms with van der Waals surface area (Å²) in [5, 5.41) is 11.7. The molecule has 0 radical (unpaired) electrons. The first-order valence-electron chi connectivity index (χ1n) is 12.9. The van der Waals surface area contributed by atoms with E-state index in [2.05, 4.69) is 5.32 Å². The summed E-state index contributed by atoms with van der Waals surface area (Å²) in [5.74, 6) is -0.702. The number of carbonyl (C=O) groups excluding carboxylic acids is 2. The number of hydrogen-bond acceptors (Lipinski definition) is 7. The van der Waals surface area contributed by atoms with Crippen LogP contribution in [0.4, 0.5) is 5.69 Å². The Kier molecular flexibility index (Phi) is 7.79. The van der Waals surface area contributed by atoms with E-state index in [1.54, 1.807) is 17.0 Å². The van der Waals surface area contributed by atoms with Crippen LogP contribution in [0.2, 0.25) is 0 Å². The van der Waals surface area contributed by atoms with Gasteiger partial charge in [0, 0.05) is 11.1 Å². The summed E-state index contributed by atoms with van der Waals surface area (Å²) in [6.07, 6.45) is -2.40. The highest BCUT2D eigenvalue weighted by Gasteiger charge is 2.47. The number of anilines is 1. The minimum Gasteiger partial charge on any atom is -0.493 e. The topological polar surface area (TPSA) is 124 Å². The molecule has 0 aromatic heterocycles. The molecule has 210 valence electrons. The van der Waals surface area contributed by atoms with Crippen molar-refractivity contribution in [1.82, 2.24) is 5.32 Å². The zero-order valence-electron chi connectivity index (χ0n) is 23.4. The minimum atomic E-state index is -1.21. The Balaban J connectivity index is 1.92. The average molecular weight is 541 g/mol. The number of rotatable bonds is 7. The summed E-state index contributed by atoms with van der Waals surface area (Å²) in [6, 6.07) is 7.76. The summed E-state index contributed by atoms with van der Waals surface area (Å²) in [6.45, 7) is 9.65. The number of aliphatic carboxylic acids is 1. The molecule has 0 fully saturated rings. The Labute approximate surface area is 228 Å². The number of aryl methyl sites for hydroxylation is 1. The van der Waals surface area contributed by atoms with Crippen LogP contribution in [0.5, 0.6) is 17.2 Å². The molecule has 2 heterocycles. The Morgan fingerprint density at radius 3 is 2.51 bits per heavy atom. The van der Waals surface area contributed by atoms with Crippen molar-refractivity contribution in [3.8, 4) is 17.2 Å². The van der Waals surface area contributed by atoms with Crippen LogP contribution in [0.25, 0.3) is 0 Å². The SMILES string of the molecule is COc1cccc([C@@H]2O[C@@H](CC(=O)N[C@H](C)C(=O)O)C(=O)N3c4c(cc(C)cc42)OC[C@@H]3C(C)(C)C)c1OC. The third-order valence-electron chi connectivity index (χ3n) is 7.13. The molecule has 39 heavy (non-hydrogen) atoms. The van der Waals surface area contributed by atoms with Gasteiger partial charge >= 0.3 is 5.97 Å². The number of carbonyl (C=O) groups is 3. The maximum Gasteiger partial charge on any atom is 0.325 e. The molecular formula is C29H36N2O8. The number of carboxylic acids is 1. The molecule has 2 aliphatic heterocycles. The summed E-state index contributed by atoms with van der Waals surface area (Å²) < 4.78 is 24.0. The third-order valence-corrected chi connectivity index (χ3v) is 7.13. The van der Waals surface area contributed by atoms with Gasteiger partial charge in [0.2, 0.25) is 5.91 Å². The molecular weight excluding hydrogens is 504 g/mol. The first-order valence-corrected chi connectivity index (χ1v) is 12.9. The standard InChI is InChI=1S/C29H36N2O8/c1-15-11-18-24-20(12-15)38-14-22(29(3,4)5)31(24)27(33)21(13-23(32)30-16(2)28(34)35)39-25(18)17-9-8-10-19(36-6)26(17)37-7/h8-12,16,21-22,25H,13-14H2,1-7H3,(H,30,32)(H,34,35)/t16-,21+,22-,25+/m1/s1. The molecule has 4 atom stereocenters. The first-order chi connectivity index (χ1) is 18.4. The summed E-state index contributed by atoms with van der Waals surface area (Å²) in [4.78, 5) is 40.2. The fourth-order valence-corrected chi connectivity index (χ4v) is 5.12. The Hall–Kier alpha value is -3.79. The van der Waals surface area contributed by atoms with Crippen LogP contribution in [-0.2, 0) is 19.1 Å². The molecule has 0 saturated carbocycles. The highest BCUT2D eigenvalue weighted by molar-refractivity contribution is 6.03. The van der Waals surface area contributed by atoms with Crippen LogP contribution in [0, 0.1) is 12.3 Å². The van der Waals surface area contributed by atoms with Crippen LogP contribution < -0.4 is 24.4 Å². The predicted octanol–water partition coefficient (Wildman–Crippen LogP) is 3.62. The molecule has 2 aromatic rings. The number of nitrogens with zero attached hydrogens (tertiary/aromatic N) is 1. The van der Waals surface area contributed by atoms with Gasteiger partial charge in [-0.1, -0.05) is 39.0 Å².